The van der Waals surface area contributed by atoms with Crippen molar-refractivity contribution in [3.8, 4) is 5.75 Å². The van der Waals surface area contributed by atoms with E-state index >= 15 is 0 Å². The number of hydrogen-bond donors (Lipinski definition) is 3. The second-order valence-corrected chi connectivity index (χ2v) is 3.31. The van der Waals surface area contributed by atoms with Crippen molar-refractivity contribution in [1.29, 1.82) is 0 Å². The maximum Gasteiger partial charge on any atom is 0.115 e. The highest BCUT2D eigenvalue weighted by atomic mass is 16.3. The summed E-state index contributed by atoms with van der Waals surface area (Å²) in [6.07, 6.45) is -0.611. The third-order valence-corrected chi connectivity index (χ3v) is 2.14. The number of phenols is 1. The van der Waals surface area contributed by atoms with Crippen molar-refractivity contribution in [2.45, 2.75) is 26.0 Å². The molecule has 1 aromatic rings. The van der Waals surface area contributed by atoms with Gasteiger partial charge >= 0.3 is 0 Å². The van der Waals surface area contributed by atoms with Crippen LogP contribution in [0.1, 0.15) is 24.1 Å². The van der Waals surface area contributed by atoms with E-state index < -0.39 is 12.1 Å². The third-order valence-electron chi connectivity index (χ3n) is 2.14. The average Bonchev–Trinajstić information content (AvgIpc) is 2.08. The van der Waals surface area contributed by atoms with Crippen molar-refractivity contribution in [3.05, 3.63) is 29.3 Å². The van der Waals surface area contributed by atoms with Gasteiger partial charge in [0.05, 0.1) is 12.1 Å². The minimum atomic E-state index is -0.611. The SMILES string of the molecule is Cc1ccc(O)cc1C(N)C(C)O. The summed E-state index contributed by atoms with van der Waals surface area (Å²) in [6, 6.07) is 4.54. The van der Waals surface area contributed by atoms with E-state index in [1.54, 1.807) is 25.1 Å². The molecule has 0 saturated heterocycles. The van der Waals surface area contributed by atoms with Crippen LogP contribution in [0.3, 0.4) is 0 Å². The Morgan fingerprint density at radius 2 is 2.00 bits per heavy atom. The quantitative estimate of drug-likeness (QED) is 0.639. The van der Waals surface area contributed by atoms with E-state index in [-0.39, 0.29) is 5.75 Å². The second-order valence-electron chi connectivity index (χ2n) is 3.31. The molecule has 1 rings (SSSR count). The first-order valence-corrected chi connectivity index (χ1v) is 4.25. The van der Waals surface area contributed by atoms with Crippen LogP contribution < -0.4 is 5.73 Å². The molecular formula is C10H15NO2. The van der Waals surface area contributed by atoms with Crippen LogP contribution in [0.5, 0.6) is 5.75 Å². The molecule has 3 nitrogen and oxygen atoms in total. The van der Waals surface area contributed by atoms with Crippen LogP contribution in [-0.4, -0.2) is 16.3 Å². The van der Waals surface area contributed by atoms with Gasteiger partial charge < -0.3 is 15.9 Å². The van der Waals surface area contributed by atoms with Crippen LogP contribution in [-0.2, 0) is 0 Å². The summed E-state index contributed by atoms with van der Waals surface area (Å²) in [4.78, 5) is 0. The Morgan fingerprint density at radius 1 is 1.38 bits per heavy atom. The third kappa shape index (κ3) is 2.20. The lowest BCUT2D eigenvalue weighted by Crippen LogP contribution is -2.23. The largest absolute Gasteiger partial charge is 0.508 e. The summed E-state index contributed by atoms with van der Waals surface area (Å²) < 4.78 is 0. The van der Waals surface area contributed by atoms with Crippen LogP contribution in [0.15, 0.2) is 18.2 Å². The van der Waals surface area contributed by atoms with Crippen molar-refractivity contribution < 1.29 is 10.2 Å². The fraction of sp³-hybridized carbons (Fsp3) is 0.400. The number of hydrogen-bond acceptors (Lipinski definition) is 3. The average molecular weight is 181 g/mol. The minimum absolute atomic E-state index is 0.178. The topological polar surface area (TPSA) is 66.5 Å². The van der Waals surface area contributed by atoms with Gasteiger partial charge in [0.2, 0.25) is 0 Å². The predicted octanol–water partition coefficient (Wildman–Crippen LogP) is 1.08. The van der Waals surface area contributed by atoms with Crippen LogP contribution >= 0.6 is 0 Å². The van der Waals surface area contributed by atoms with Gasteiger partial charge in [-0.05, 0) is 37.1 Å². The van der Waals surface area contributed by atoms with Gasteiger partial charge in [0.25, 0.3) is 0 Å². The van der Waals surface area contributed by atoms with E-state index in [0.717, 1.165) is 11.1 Å². The lowest BCUT2D eigenvalue weighted by atomic mass is 9.98. The Kier molecular flexibility index (Phi) is 2.90. The molecule has 0 saturated carbocycles. The number of aliphatic hydroxyl groups excluding tert-OH is 1. The smallest absolute Gasteiger partial charge is 0.115 e. The molecule has 72 valence electrons. The van der Waals surface area contributed by atoms with Crippen molar-refractivity contribution in [2.75, 3.05) is 0 Å². The summed E-state index contributed by atoms with van der Waals surface area (Å²) in [5, 5.41) is 18.5. The maximum atomic E-state index is 9.28. The molecule has 0 amide bonds. The van der Waals surface area contributed by atoms with Crippen molar-refractivity contribution >= 4 is 0 Å². The maximum absolute atomic E-state index is 9.28. The number of phenolic OH excluding ortho intramolecular Hbond substituents is 1. The summed E-state index contributed by atoms with van der Waals surface area (Å²) in [5.74, 6) is 0.178. The van der Waals surface area contributed by atoms with Gasteiger partial charge in [-0.15, -0.1) is 0 Å². The van der Waals surface area contributed by atoms with Crippen molar-refractivity contribution in [1.82, 2.24) is 0 Å². The van der Waals surface area contributed by atoms with Crippen LogP contribution in [0, 0.1) is 6.92 Å². The van der Waals surface area contributed by atoms with E-state index in [0.29, 0.717) is 0 Å². The Labute approximate surface area is 77.8 Å². The highest BCUT2D eigenvalue weighted by molar-refractivity contribution is 5.36. The highest BCUT2D eigenvalue weighted by Gasteiger charge is 2.14. The number of aromatic hydroxyl groups is 1. The van der Waals surface area contributed by atoms with E-state index in [1.807, 2.05) is 6.92 Å². The monoisotopic (exact) mass is 181 g/mol. The van der Waals surface area contributed by atoms with Gasteiger partial charge in [-0.2, -0.15) is 0 Å². The molecule has 13 heavy (non-hydrogen) atoms. The lowest BCUT2D eigenvalue weighted by Gasteiger charge is -2.17. The molecular weight excluding hydrogens is 166 g/mol. The molecule has 0 radical (unpaired) electrons. The zero-order valence-electron chi connectivity index (χ0n) is 7.86. The fourth-order valence-electron chi connectivity index (χ4n) is 1.25. The Balaban J connectivity index is 3.05. The summed E-state index contributed by atoms with van der Waals surface area (Å²) in [7, 11) is 0. The van der Waals surface area contributed by atoms with Gasteiger partial charge in [-0.1, -0.05) is 6.07 Å². The van der Waals surface area contributed by atoms with Gasteiger partial charge in [0, 0.05) is 0 Å². The molecule has 2 unspecified atom stereocenters. The second kappa shape index (κ2) is 3.77. The van der Waals surface area contributed by atoms with E-state index in [9.17, 15) is 10.2 Å². The molecule has 0 aromatic heterocycles. The summed E-state index contributed by atoms with van der Waals surface area (Å²) in [5.41, 5.74) is 7.51. The zero-order valence-corrected chi connectivity index (χ0v) is 7.86. The fourth-order valence-corrected chi connectivity index (χ4v) is 1.25. The van der Waals surface area contributed by atoms with Gasteiger partial charge in [0.15, 0.2) is 0 Å². The molecule has 0 spiro atoms. The van der Waals surface area contributed by atoms with Gasteiger partial charge in [-0.25, -0.2) is 0 Å². The van der Waals surface area contributed by atoms with Crippen LogP contribution in [0.4, 0.5) is 0 Å². The Bertz CT molecular complexity index is 297. The number of nitrogens with two attached hydrogens (primary N) is 1. The Hall–Kier alpha value is -1.06. The van der Waals surface area contributed by atoms with E-state index in [2.05, 4.69) is 0 Å². The van der Waals surface area contributed by atoms with Crippen LogP contribution in [0.2, 0.25) is 0 Å². The molecule has 4 N–H and O–H groups in total. The first kappa shape index (κ1) is 10.0. The first-order chi connectivity index (χ1) is 6.02. The number of aryl methyl sites for hydroxylation is 1. The number of rotatable bonds is 2. The first-order valence-electron chi connectivity index (χ1n) is 4.25. The minimum Gasteiger partial charge on any atom is -0.508 e. The molecule has 0 aliphatic heterocycles. The molecule has 1 aromatic carbocycles. The van der Waals surface area contributed by atoms with E-state index in [4.69, 9.17) is 5.73 Å². The molecule has 2 atom stereocenters. The van der Waals surface area contributed by atoms with E-state index in [1.165, 1.54) is 0 Å². The standard InChI is InChI=1S/C10H15NO2/c1-6-3-4-8(13)5-9(6)10(11)7(2)12/h3-5,7,10,12-13H,11H2,1-2H3. The number of aliphatic hydroxyl groups is 1. The summed E-state index contributed by atoms with van der Waals surface area (Å²) in [6.45, 7) is 3.53. The highest BCUT2D eigenvalue weighted by Crippen LogP contribution is 2.22. The summed E-state index contributed by atoms with van der Waals surface area (Å²) >= 11 is 0. The molecule has 0 heterocycles. The van der Waals surface area contributed by atoms with Crippen molar-refractivity contribution in [2.24, 2.45) is 5.73 Å². The molecule has 0 aliphatic carbocycles. The van der Waals surface area contributed by atoms with Gasteiger partial charge in [-0.3, -0.25) is 0 Å². The lowest BCUT2D eigenvalue weighted by molar-refractivity contribution is 0.164. The molecule has 0 aliphatic rings. The predicted molar refractivity (Wildman–Crippen MR) is 51.5 cm³/mol. The normalized spacial score (nSPS) is 15.4. The number of benzene rings is 1. The van der Waals surface area contributed by atoms with Gasteiger partial charge in [0.1, 0.15) is 5.75 Å². The molecule has 3 heteroatoms. The van der Waals surface area contributed by atoms with Crippen molar-refractivity contribution in [3.63, 3.8) is 0 Å². The molecule has 0 bridgehead atoms. The van der Waals surface area contributed by atoms with Crippen LogP contribution in [0.25, 0.3) is 0 Å². The Morgan fingerprint density at radius 3 is 2.54 bits per heavy atom. The zero-order chi connectivity index (χ0) is 10.0. The molecule has 0 fully saturated rings.